The summed E-state index contributed by atoms with van der Waals surface area (Å²) in [5.74, 6) is 0. The Kier molecular flexibility index (Phi) is 26.9. The van der Waals surface area contributed by atoms with Gasteiger partial charge in [0.1, 0.15) is 36.6 Å². The van der Waals surface area contributed by atoms with E-state index in [9.17, 15) is 58.4 Å². The molecule has 29 heavy (non-hydrogen) atoms. The van der Waals surface area contributed by atoms with E-state index in [1.807, 2.05) is 0 Å². The third-order valence-corrected chi connectivity index (χ3v) is 4.28. The monoisotopic (exact) mass is 530 g/mol. The summed E-state index contributed by atoms with van der Waals surface area (Å²) in [5.41, 5.74) is 0. The van der Waals surface area contributed by atoms with E-state index in [-0.39, 0.29) is 149 Å². The van der Waals surface area contributed by atoms with Crippen LogP contribution in [0, 0.1) is 0 Å². The Labute approximate surface area is 276 Å². The van der Waals surface area contributed by atoms with E-state index in [0.717, 1.165) is 0 Å². The van der Waals surface area contributed by atoms with Crippen molar-refractivity contribution in [3.05, 3.63) is 0 Å². The molecule has 2 unspecified atom stereocenters. The molecule has 0 saturated heterocycles. The summed E-state index contributed by atoms with van der Waals surface area (Å²) < 4.78 is 43.2. The zero-order valence-corrected chi connectivity index (χ0v) is 28.7. The summed E-state index contributed by atoms with van der Waals surface area (Å²) in [6, 6.07) is 0. The molecule has 6 atom stereocenters. The molecule has 0 amide bonds. The fourth-order valence-electron chi connectivity index (χ4n) is 1.98. The van der Waals surface area contributed by atoms with Gasteiger partial charge in [0.05, 0.1) is 23.5 Å². The van der Waals surface area contributed by atoms with E-state index in [2.05, 4.69) is 13.6 Å². The van der Waals surface area contributed by atoms with E-state index in [1.165, 1.54) is 0 Å². The Morgan fingerprint density at radius 2 is 0.724 bits per heavy atom. The topological polar surface area (TPSA) is 278 Å². The normalized spacial score (nSPS) is 29.7. The molecule has 3 N–H and O–H groups in total. The van der Waals surface area contributed by atoms with Crippen LogP contribution in [0.2, 0.25) is 0 Å². The van der Waals surface area contributed by atoms with Gasteiger partial charge in [-0.25, -0.2) is 0 Å². The largest absolute Gasteiger partial charge is 1.00 e. The van der Waals surface area contributed by atoms with Crippen LogP contribution in [0.1, 0.15) is 1.43 Å². The molecule has 0 aromatic heterocycles. The second-order valence-electron chi connectivity index (χ2n) is 4.52. The van der Waals surface area contributed by atoms with Crippen molar-refractivity contribution < 1.29 is 221 Å². The van der Waals surface area contributed by atoms with Gasteiger partial charge in [-0.3, -0.25) is 0 Å². The van der Waals surface area contributed by atoms with Crippen molar-refractivity contribution in [1.29, 1.82) is 0 Å². The van der Waals surface area contributed by atoms with Gasteiger partial charge < -0.3 is 71.9 Å². The SMILES string of the molecule is O=P([O-])([O-])OC1[C@H](OP(=O)([O-])[O-])[C@H](O)C(O)[C@H](O)[C@H]1OP(=O)([O-])[O-].[H+].[Na+].[Na+].[Na+].[Na+].[Na+]. The standard InChI is InChI=1S/C6H15O15P3.5Na/c7-1-2(8)4(19-22(10,11)12)6(21-24(16,17)18)5(3(1)9)20-23(13,14)15;;;;;/h1-9H,(H2,10,11,12)(H2,13,14,15)(H2,16,17,18);;;;;/q;5*+1/p-5/t1?,2-,3+,4-,5-,6?;;;;;/m1...../s1. The number of hydrogen-bond donors (Lipinski definition) is 3. The fourth-order valence-corrected chi connectivity index (χ4v) is 3.60. The molecule has 23 heteroatoms. The molecular formula is C6H10Na5O15P3. The quantitative estimate of drug-likeness (QED) is 0.212. The van der Waals surface area contributed by atoms with Crippen molar-refractivity contribution >= 4 is 23.5 Å². The van der Waals surface area contributed by atoms with Gasteiger partial charge in [0.25, 0.3) is 0 Å². The second-order valence-corrected chi connectivity index (χ2v) is 7.84. The zero-order valence-electron chi connectivity index (χ0n) is 17.0. The van der Waals surface area contributed by atoms with Crippen molar-refractivity contribution in [2.45, 2.75) is 36.6 Å². The molecule has 0 aromatic carbocycles. The molecule has 1 fully saturated rings. The minimum absolute atomic E-state index is 0. The summed E-state index contributed by atoms with van der Waals surface area (Å²) in [6.07, 6.45) is -15.7. The average Bonchev–Trinajstić information content (AvgIpc) is 2.32. The summed E-state index contributed by atoms with van der Waals surface area (Å²) in [4.78, 5) is 63.9. The molecule has 0 radical (unpaired) electrons. The molecule has 1 aliphatic carbocycles. The molecule has 0 bridgehead atoms. The zero-order chi connectivity index (χ0) is 19.1. The molecule has 1 aliphatic rings. The predicted molar refractivity (Wildman–Crippen MR) is 56.6 cm³/mol. The van der Waals surface area contributed by atoms with Gasteiger partial charge in [-0.2, -0.15) is 0 Å². The summed E-state index contributed by atoms with van der Waals surface area (Å²) >= 11 is 0. The van der Waals surface area contributed by atoms with E-state index in [0.29, 0.717) is 0 Å². The van der Waals surface area contributed by atoms with Crippen LogP contribution in [-0.2, 0) is 27.3 Å². The van der Waals surface area contributed by atoms with E-state index in [1.54, 1.807) is 0 Å². The number of hydrogen-bond acceptors (Lipinski definition) is 15. The van der Waals surface area contributed by atoms with E-state index in [4.69, 9.17) is 0 Å². The van der Waals surface area contributed by atoms with Gasteiger partial charge >= 0.3 is 149 Å². The summed E-state index contributed by atoms with van der Waals surface area (Å²) in [5, 5.41) is 28.6. The van der Waals surface area contributed by atoms with Crippen LogP contribution in [0.15, 0.2) is 0 Å². The van der Waals surface area contributed by atoms with Gasteiger partial charge in [-0.05, 0) is 0 Å². The van der Waals surface area contributed by atoms with Gasteiger partial charge in [-0.1, -0.05) is 0 Å². The number of aliphatic hydroxyl groups excluding tert-OH is 3. The molecule has 0 aromatic rings. The van der Waals surface area contributed by atoms with Crippen LogP contribution in [0.3, 0.4) is 0 Å². The van der Waals surface area contributed by atoms with Crippen LogP contribution in [-0.4, -0.2) is 51.9 Å². The van der Waals surface area contributed by atoms with Gasteiger partial charge in [-0.15, -0.1) is 0 Å². The van der Waals surface area contributed by atoms with Crippen molar-refractivity contribution in [3.8, 4) is 0 Å². The second kappa shape index (κ2) is 17.6. The van der Waals surface area contributed by atoms with Crippen molar-refractivity contribution in [2.24, 2.45) is 0 Å². The van der Waals surface area contributed by atoms with E-state index >= 15 is 0 Å². The van der Waals surface area contributed by atoms with Crippen LogP contribution < -0.4 is 177 Å². The maximum Gasteiger partial charge on any atom is 1.00 e. The van der Waals surface area contributed by atoms with Gasteiger partial charge in [0, 0.05) is 0 Å². The number of aliphatic hydroxyl groups is 3. The average molecular weight is 530 g/mol. The number of rotatable bonds is 6. The Morgan fingerprint density at radius 3 is 0.931 bits per heavy atom. The molecule has 1 saturated carbocycles. The molecule has 0 aliphatic heterocycles. The first-order valence-corrected chi connectivity index (χ1v) is 10.1. The maximum absolute atomic E-state index is 10.7. The van der Waals surface area contributed by atoms with E-state index < -0.39 is 60.1 Å². The third-order valence-electron chi connectivity index (χ3n) is 2.77. The minimum Gasteiger partial charge on any atom is -0.790 e. The summed E-state index contributed by atoms with van der Waals surface area (Å²) in [7, 11) is -18.1. The minimum atomic E-state index is -6.06. The Balaban J connectivity index is -0.000000240. The van der Waals surface area contributed by atoms with Crippen molar-refractivity contribution in [3.63, 3.8) is 0 Å². The maximum atomic E-state index is 10.7. The van der Waals surface area contributed by atoms with Gasteiger partial charge in [0.2, 0.25) is 0 Å². The van der Waals surface area contributed by atoms with Gasteiger partial charge in [0.15, 0.2) is 0 Å². The summed E-state index contributed by atoms with van der Waals surface area (Å²) in [6.45, 7) is 0. The van der Waals surface area contributed by atoms with Crippen LogP contribution in [0.5, 0.6) is 0 Å². The molecule has 0 heterocycles. The van der Waals surface area contributed by atoms with Crippen molar-refractivity contribution in [2.75, 3.05) is 0 Å². The molecule has 1 rings (SSSR count). The first-order valence-electron chi connectivity index (χ1n) is 5.67. The molecule has 15 nitrogen and oxygen atoms in total. The Hall–Kier alpha value is 5.21. The third kappa shape index (κ3) is 16.6. The smallest absolute Gasteiger partial charge is 0.790 e. The number of phosphoric ester groups is 3. The molecule has 144 valence electrons. The Bertz CT molecular complexity index is 561. The van der Waals surface area contributed by atoms with Crippen molar-refractivity contribution in [1.82, 2.24) is 0 Å². The first-order chi connectivity index (χ1) is 10.5. The van der Waals surface area contributed by atoms with Crippen LogP contribution in [0.4, 0.5) is 0 Å². The first kappa shape index (κ1) is 44.2. The van der Waals surface area contributed by atoms with Crippen LogP contribution >= 0.6 is 23.5 Å². The molecule has 0 spiro atoms. The van der Waals surface area contributed by atoms with Crippen LogP contribution in [0.25, 0.3) is 0 Å². The fraction of sp³-hybridized carbons (Fsp3) is 1.00. The number of phosphoric acid groups is 3. The Morgan fingerprint density at radius 1 is 0.517 bits per heavy atom. The predicted octanol–water partition coefficient (Wildman–Crippen LogP) is -22.1. The molecular weight excluding hydrogens is 520 g/mol.